The number of ether oxygens (including phenoxy) is 4. The fourth-order valence-electron chi connectivity index (χ4n) is 4.31. The molecule has 0 fully saturated rings. The van der Waals surface area contributed by atoms with Gasteiger partial charge in [0, 0.05) is 5.56 Å². The molecule has 7 nitrogen and oxygen atoms in total. The molecule has 1 heterocycles. The minimum atomic E-state index is -0.372. The van der Waals surface area contributed by atoms with E-state index < -0.39 is 0 Å². The molecule has 0 bridgehead atoms. The normalized spacial score (nSPS) is 14.7. The molecule has 0 aliphatic carbocycles. The summed E-state index contributed by atoms with van der Waals surface area (Å²) in [5, 5.41) is 0. The standard InChI is InChI=1S/C27H28N2O5/c1-17-11-12-19-21(15-17)28-27(20-13-14-22(31-2)26(34-5)25(20)33-4)29(16-23(30)32-3)24(19)18-9-7-6-8-10-18/h6-15,24H,16H2,1-5H3. The van der Waals surface area contributed by atoms with E-state index in [-0.39, 0.29) is 18.6 Å². The van der Waals surface area contributed by atoms with Crippen LogP contribution in [0.25, 0.3) is 0 Å². The Morgan fingerprint density at radius 2 is 1.65 bits per heavy atom. The summed E-state index contributed by atoms with van der Waals surface area (Å²) in [6.07, 6.45) is 0. The van der Waals surface area contributed by atoms with Crippen molar-refractivity contribution in [2.75, 3.05) is 35.0 Å². The van der Waals surface area contributed by atoms with E-state index in [1.165, 1.54) is 7.11 Å². The monoisotopic (exact) mass is 460 g/mol. The summed E-state index contributed by atoms with van der Waals surface area (Å²) >= 11 is 0. The van der Waals surface area contributed by atoms with Crippen molar-refractivity contribution in [2.45, 2.75) is 13.0 Å². The van der Waals surface area contributed by atoms with E-state index in [4.69, 9.17) is 23.9 Å². The van der Waals surface area contributed by atoms with Gasteiger partial charge in [-0.2, -0.15) is 0 Å². The van der Waals surface area contributed by atoms with E-state index in [0.29, 0.717) is 28.6 Å². The number of esters is 1. The zero-order chi connectivity index (χ0) is 24.2. The fraction of sp³-hybridized carbons (Fsp3) is 0.259. The van der Waals surface area contributed by atoms with Gasteiger partial charge in [-0.3, -0.25) is 4.79 Å². The number of aliphatic imine (C=N–C) groups is 1. The van der Waals surface area contributed by atoms with Crippen molar-refractivity contribution in [2.24, 2.45) is 4.99 Å². The van der Waals surface area contributed by atoms with Gasteiger partial charge in [0.15, 0.2) is 11.5 Å². The number of fused-ring (bicyclic) bond motifs is 1. The number of hydrogen-bond acceptors (Lipinski definition) is 7. The minimum Gasteiger partial charge on any atom is -0.493 e. The van der Waals surface area contributed by atoms with Gasteiger partial charge in [-0.05, 0) is 36.2 Å². The first-order chi connectivity index (χ1) is 16.5. The molecule has 1 atom stereocenters. The van der Waals surface area contributed by atoms with Crippen LogP contribution in [0.4, 0.5) is 5.69 Å². The maximum atomic E-state index is 12.6. The smallest absolute Gasteiger partial charge is 0.325 e. The zero-order valence-corrected chi connectivity index (χ0v) is 20.0. The second-order valence-electron chi connectivity index (χ2n) is 7.90. The second-order valence-corrected chi connectivity index (χ2v) is 7.90. The van der Waals surface area contributed by atoms with Gasteiger partial charge in [0.25, 0.3) is 0 Å². The third-order valence-corrected chi connectivity index (χ3v) is 5.88. The van der Waals surface area contributed by atoms with E-state index >= 15 is 0 Å². The summed E-state index contributed by atoms with van der Waals surface area (Å²) in [5.41, 5.74) is 4.64. The fourth-order valence-corrected chi connectivity index (χ4v) is 4.31. The highest BCUT2D eigenvalue weighted by atomic mass is 16.5. The van der Waals surface area contributed by atoms with Crippen LogP contribution in [0, 0.1) is 6.92 Å². The Morgan fingerprint density at radius 3 is 2.29 bits per heavy atom. The number of carbonyl (C=O) groups is 1. The van der Waals surface area contributed by atoms with Gasteiger partial charge in [0.2, 0.25) is 5.75 Å². The second kappa shape index (κ2) is 9.87. The van der Waals surface area contributed by atoms with Gasteiger partial charge >= 0.3 is 5.97 Å². The molecule has 0 spiro atoms. The van der Waals surface area contributed by atoms with Crippen LogP contribution in [0.1, 0.15) is 28.3 Å². The average molecular weight is 461 g/mol. The molecular formula is C27H28N2O5. The Hall–Kier alpha value is -4.00. The van der Waals surface area contributed by atoms with Gasteiger partial charge < -0.3 is 23.8 Å². The van der Waals surface area contributed by atoms with Crippen molar-refractivity contribution in [3.8, 4) is 17.2 Å². The van der Waals surface area contributed by atoms with Crippen LogP contribution < -0.4 is 14.2 Å². The van der Waals surface area contributed by atoms with Gasteiger partial charge in [-0.1, -0.05) is 42.5 Å². The number of methoxy groups -OCH3 is 4. The summed E-state index contributed by atoms with van der Waals surface area (Å²) < 4.78 is 21.9. The SMILES string of the molecule is COC(=O)CN1C(c2ccc(OC)c(OC)c2OC)=Nc2cc(C)ccc2C1c1ccccc1. The van der Waals surface area contributed by atoms with Crippen LogP contribution in [-0.2, 0) is 9.53 Å². The Bertz CT molecular complexity index is 1220. The number of aryl methyl sites for hydroxylation is 1. The van der Waals surface area contributed by atoms with Gasteiger partial charge in [-0.15, -0.1) is 0 Å². The van der Waals surface area contributed by atoms with E-state index in [0.717, 1.165) is 22.4 Å². The van der Waals surface area contributed by atoms with Crippen LogP contribution in [-0.4, -0.2) is 51.7 Å². The predicted molar refractivity (Wildman–Crippen MR) is 130 cm³/mol. The first kappa shape index (κ1) is 23.2. The number of hydrogen-bond donors (Lipinski definition) is 0. The molecule has 0 saturated carbocycles. The van der Waals surface area contributed by atoms with Gasteiger partial charge in [0.05, 0.1) is 45.7 Å². The quantitative estimate of drug-likeness (QED) is 0.477. The van der Waals surface area contributed by atoms with Crippen LogP contribution >= 0.6 is 0 Å². The molecule has 1 unspecified atom stereocenters. The molecule has 0 radical (unpaired) electrons. The Labute approximate surface area is 199 Å². The Morgan fingerprint density at radius 1 is 0.912 bits per heavy atom. The van der Waals surface area contributed by atoms with E-state index in [9.17, 15) is 4.79 Å². The molecule has 3 aromatic rings. The molecule has 1 aliphatic heterocycles. The summed E-state index contributed by atoms with van der Waals surface area (Å²) in [6, 6.07) is 19.6. The summed E-state index contributed by atoms with van der Waals surface area (Å²) in [7, 11) is 6.09. The lowest BCUT2D eigenvalue weighted by atomic mass is 9.92. The Kier molecular flexibility index (Phi) is 6.72. The maximum absolute atomic E-state index is 12.6. The molecule has 0 aromatic heterocycles. The predicted octanol–water partition coefficient (Wildman–Crippen LogP) is 4.68. The average Bonchev–Trinajstić information content (AvgIpc) is 2.87. The lowest BCUT2D eigenvalue weighted by Crippen LogP contribution is -2.42. The largest absolute Gasteiger partial charge is 0.493 e. The zero-order valence-electron chi connectivity index (χ0n) is 20.0. The van der Waals surface area contributed by atoms with Crippen molar-refractivity contribution in [1.82, 2.24) is 4.90 Å². The molecule has 7 heteroatoms. The number of carbonyl (C=O) groups excluding carboxylic acids is 1. The molecule has 0 N–H and O–H groups in total. The van der Waals surface area contributed by atoms with E-state index in [2.05, 4.69) is 12.1 Å². The molecule has 0 amide bonds. The van der Waals surface area contributed by atoms with Crippen molar-refractivity contribution < 1.29 is 23.7 Å². The lowest BCUT2D eigenvalue weighted by molar-refractivity contribution is -0.141. The minimum absolute atomic E-state index is 0.000288. The highest BCUT2D eigenvalue weighted by Crippen LogP contribution is 2.45. The maximum Gasteiger partial charge on any atom is 0.325 e. The summed E-state index contributed by atoms with van der Waals surface area (Å²) in [5.74, 6) is 1.67. The van der Waals surface area contributed by atoms with Crippen LogP contribution in [0.5, 0.6) is 17.2 Å². The van der Waals surface area contributed by atoms with E-state index in [1.54, 1.807) is 27.4 Å². The number of nitrogens with zero attached hydrogens (tertiary/aromatic N) is 2. The highest BCUT2D eigenvalue weighted by Gasteiger charge is 2.35. The van der Waals surface area contributed by atoms with Crippen molar-refractivity contribution in [3.05, 3.63) is 82.9 Å². The first-order valence-electron chi connectivity index (χ1n) is 10.9. The molecule has 34 heavy (non-hydrogen) atoms. The van der Waals surface area contributed by atoms with E-state index in [1.807, 2.05) is 54.3 Å². The molecule has 4 rings (SSSR count). The highest BCUT2D eigenvalue weighted by molar-refractivity contribution is 6.06. The summed E-state index contributed by atoms with van der Waals surface area (Å²) in [6.45, 7) is 2.03. The molecule has 3 aromatic carbocycles. The molecule has 0 saturated heterocycles. The number of amidine groups is 1. The number of benzene rings is 3. The first-order valence-corrected chi connectivity index (χ1v) is 10.9. The van der Waals surface area contributed by atoms with Gasteiger partial charge in [-0.25, -0.2) is 4.99 Å². The Balaban J connectivity index is 2.01. The van der Waals surface area contributed by atoms with Crippen molar-refractivity contribution in [3.63, 3.8) is 0 Å². The molecular weight excluding hydrogens is 432 g/mol. The third-order valence-electron chi connectivity index (χ3n) is 5.88. The lowest BCUT2D eigenvalue weighted by Gasteiger charge is -2.38. The third kappa shape index (κ3) is 4.17. The molecule has 176 valence electrons. The van der Waals surface area contributed by atoms with Crippen LogP contribution in [0.3, 0.4) is 0 Å². The number of rotatable bonds is 7. The van der Waals surface area contributed by atoms with Crippen LogP contribution in [0.15, 0.2) is 65.7 Å². The van der Waals surface area contributed by atoms with Gasteiger partial charge in [0.1, 0.15) is 12.4 Å². The summed E-state index contributed by atoms with van der Waals surface area (Å²) in [4.78, 5) is 19.5. The van der Waals surface area contributed by atoms with Crippen LogP contribution in [0.2, 0.25) is 0 Å². The van der Waals surface area contributed by atoms with Crippen molar-refractivity contribution >= 4 is 17.5 Å². The topological polar surface area (TPSA) is 69.6 Å². The molecule has 1 aliphatic rings. The van der Waals surface area contributed by atoms with Crippen molar-refractivity contribution in [1.29, 1.82) is 0 Å².